The van der Waals surface area contributed by atoms with Crippen molar-refractivity contribution in [2.45, 2.75) is 41.1 Å². The molecule has 39 heavy (non-hydrogen) atoms. The molecule has 0 saturated carbocycles. The Morgan fingerprint density at radius 2 is 1.59 bits per heavy atom. The van der Waals surface area contributed by atoms with Crippen molar-refractivity contribution in [3.05, 3.63) is 59.6 Å². The quantitative estimate of drug-likeness (QED) is 0.394. The first-order chi connectivity index (χ1) is 18.5. The van der Waals surface area contributed by atoms with Gasteiger partial charge in [-0.05, 0) is 56.1 Å². The second-order valence-corrected chi connectivity index (χ2v) is 11.2. The van der Waals surface area contributed by atoms with Crippen LogP contribution in [0.3, 0.4) is 0 Å². The van der Waals surface area contributed by atoms with Gasteiger partial charge >= 0.3 is 11.9 Å². The average molecular weight is 576 g/mol. The van der Waals surface area contributed by atoms with E-state index >= 15 is 0 Å². The van der Waals surface area contributed by atoms with Crippen LogP contribution < -0.4 is 4.90 Å². The number of aliphatic hydroxyl groups is 1. The first-order valence-electron chi connectivity index (χ1n) is 12.6. The Bertz CT molecular complexity index is 1200. The fraction of sp³-hybridized carbons (Fsp3) is 0.393. The maximum Gasteiger partial charge on any atom is 0.328 e. The number of carboxylic acids is 2. The van der Waals surface area contributed by atoms with E-state index in [1.807, 2.05) is 6.07 Å². The summed E-state index contributed by atoms with van der Waals surface area (Å²) in [4.78, 5) is 40.0. The van der Waals surface area contributed by atoms with E-state index in [4.69, 9.17) is 21.8 Å². The van der Waals surface area contributed by atoms with E-state index in [0.717, 1.165) is 37.6 Å². The summed E-state index contributed by atoms with van der Waals surface area (Å²) in [6.07, 6.45) is 3.64. The fourth-order valence-electron chi connectivity index (χ4n) is 4.45. The van der Waals surface area contributed by atoms with Crippen LogP contribution in [0.4, 0.5) is 11.4 Å². The van der Waals surface area contributed by atoms with Gasteiger partial charge < -0.3 is 30.0 Å². The van der Waals surface area contributed by atoms with Gasteiger partial charge in [0.15, 0.2) is 0 Å². The maximum atomic E-state index is 12.0. The molecule has 0 aliphatic carbocycles. The molecule has 11 heteroatoms. The summed E-state index contributed by atoms with van der Waals surface area (Å²) in [5.74, 6) is -2.52. The first-order valence-corrected chi connectivity index (χ1v) is 13.8. The minimum absolute atomic E-state index is 0.00471. The van der Waals surface area contributed by atoms with Gasteiger partial charge in [-0.2, -0.15) is 0 Å². The highest BCUT2D eigenvalue weighted by atomic mass is 35.5. The Hall–Kier alpha value is -3.05. The molecule has 0 aromatic heterocycles. The van der Waals surface area contributed by atoms with Crippen LogP contribution in [0.2, 0.25) is 5.02 Å². The number of piperidine rings is 1. The van der Waals surface area contributed by atoms with Gasteiger partial charge in [0.1, 0.15) is 0 Å². The molecule has 1 fully saturated rings. The lowest BCUT2D eigenvalue weighted by atomic mass is 9.87. The molecule has 0 spiro atoms. The Kier molecular flexibility index (Phi) is 10.8. The van der Waals surface area contributed by atoms with Crippen molar-refractivity contribution >= 4 is 52.6 Å². The molecule has 1 amide bonds. The minimum atomic E-state index is -1.26. The first kappa shape index (κ1) is 30.5. The average Bonchev–Trinajstić information content (AvgIpc) is 2.88. The highest BCUT2D eigenvalue weighted by Crippen LogP contribution is 2.48. The third kappa shape index (κ3) is 8.99. The van der Waals surface area contributed by atoms with Crippen molar-refractivity contribution in [1.82, 2.24) is 9.80 Å². The van der Waals surface area contributed by atoms with E-state index in [2.05, 4.69) is 46.2 Å². The van der Waals surface area contributed by atoms with E-state index < -0.39 is 17.5 Å². The normalized spacial score (nSPS) is 16.1. The summed E-state index contributed by atoms with van der Waals surface area (Å²) in [7, 11) is 3.48. The lowest BCUT2D eigenvalue weighted by Crippen LogP contribution is -2.47. The SMILES string of the molecule is CN(C)C(=O)CC1(O)CCN(CCCN2c3ccccc3Sc3ccc(Cl)cc32)CC1.O=C(O)C=CC(=O)O. The molecule has 3 N–H and O–H groups in total. The summed E-state index contributed by atoms with van der Waals surface area (Å²) in [5, 5.41) is 27.2. The Balaban J connectivity index is 0.000000459. The molecule has 9 nitrogen and oxygen atoms in total. The summed E-state index contributed by atoms with van der Waals surface area (Å²) in [5.41, 5.74) is 1.54. The van der Waals surface area contributed by atoms with E-state index in [1.54, 1.807) is 30.8 Å². The Morgan fingerprint density at radius 3 is 2.21 bits per heavy atom. The number of hydrogen-bond acceptors (Lipinski definition) is 7. The topological polar surface area (TPSA) is 122 Å². The molecule has 1 saturated heterocycles. The van der Waals surface area contributed by atoms with Crippen molar-refractivity contribution in [1.29, 1.82) is 0 Å². The van der Waals surface area contributed by atoms with Crippen molar-refractivity contribution in [2.75, 3.05) is 45.2 Å². The number of carbonyl (C=O) groups excluding carboxylic acids is 1. The predicted molar refractivity (Wildman–Crippen MR) is 152 cm³/mol. The number of likely N-dealkylation sites (tertiary alicyclic amines) is 1. The van der Waals surface area contributed by atoms with Crippen molar-refractivity contribution in [3.63, 3.8) is 0 Å². The number of carbonyl (C=O) groups is 3. The molecule has 2 aromatic carbocycles. The van der Waals surface area contributed by atoms with Gasteiger partial charge in [-0.15, -0.1) is 0 Å². The summed E-state index contributed by atoms with van der Waals surface area (Å²) in [6, 6.07) is 14.6. The molecule has 0 bridgehead atoms. The van der Waals surface area contributed by atoms with E-state index in [9.17, 15) is 19.5 Å². The molecule has 0 unspecified atom stereocenters. The molecule has 2 aromatic rings. The van der Waals surface area contributed by atoms with Gasteiger partial charge in [0.05, 0.1) is 23.4 Å². The molecular formula is C28H34ClN3O6S. The maximum absolute atomic E-state index is 12.0. The van der Waals surface area contributed by atoms with Crippen LogP contribution in [-0.4, -0.2) is 88.8 Å². The number of benzene rings is 2. The van der Waals surface area contributed by atoms with Gasteiger partial charge in [0.2, 0.25) is 5.91 Å². The largest absolute Gasteiger partial charge is 0.478 e. The third-order valence-corrected chi connectivity index (χ3v) is 7.94. The summed E-state index contributed by atoms with van der Waals surface area (Å²) in [6.45, 7) is 3.53. The lowest BCUT2D eigenvalue weighted by Gasteiger charge is -2.39. The van der Waals surface area contributed by atoms with Crippen LogP contribution in [0.1, 0.15) is 25.7 Å². The molecule has 2 aliphatic rings. The standard InChI is InChI=1S/C24H30ClN3O2S.C4H4O4/c1-26(2)23(29)17-24(30)10-14-27(15-11-24)12-5-13-28-19-6-3-4-7-21(19)31-22-9-8-18(25)16-20(22)28;5-3(6)1-2-4(7)8/h3-4,6-9,16,30H,5,10-15,17H2,1-2H3;1-2H,(H,5,6)(H,7,8). The van der Waals surface area contributed by atoms with Gasteiger partial charge in [0.25, 0.3) is 0 Å². The molecule has 210 valence electrons. The van der Waals surface area contributed by atoms with Gasteiger partial charge in [0, 0.05) is 60.7 Å². The number of hydrogen-bond donors (Lipinski definition) is 3. The number of anilines is 2. The molecule has 2 aliphatic heterocycles. The van der Waals surface area contributed by atoms with Crippen LogP contribution >= 0.6 is 23.4 Å². The Labute approximate surface area is 237 Å². The van der Waals surface area contributed by atoms with Gasteiger partial charge in [-0.25, -0.2) is 9.59 Å². The van der Waals surface area contributed by atoms with Gasteiger partial charge in [-0.3, -0.25) is 4.79 Å². The number of aliphatic carboxylic acids is 2. The lowest BCUT2D eigenvalue weighted by molar-refractivity contribution is -0.136. The third-order valence-electron chi connectivity index (χ3n) is 6.58. The summed E-state index contributed by atoms with van der Waals surface area (Å²) >= 11 is 8.11. The summed E-state index contributed by atoms with van der Waals surface area (Å²) < 4.78 is 0. The molecular weight excluding hydrogens is 542 g/mol. The van der Waals surface area contributed by atoms with Crippen LogP contribution in [0.15, 0.2) is 64.4 Å². The number of carboxylic acid groups (broad SMARTS) is 2. The van der Waals surface area contributed by atoms with E-state index in [0.29, 0.717) is 25.0 Å². The number of fused-ring (bicyclic) bond motifs is 2. The number of rotatable bonds is 8. The van der Waals surface area contributed by atoms with E-state index in [1.165, 1.54) is 21.2 Å². The number of nitrogens with zero attached hydrogens (tertiary/aromatic N) is 3. The molecule has 0 atom stereocenters. The van der Waals surface area contributed by atoms with Crippen LogP contribution in [0.5, 0.6) is 0 Å². The van der Waals surface area contributed by atoms with Crippen LogP contribution in [0.25, 0.3) is 0 Å². The van der Waals surface area contributed by atoms with Crippen molar-refractivity contribution in [2.24, 2.45) is 0 Å². The highest BCUT2D eigenvalue weighted by molar-refractivity contribution is 7.99. The van der Waals surface area contributed by atoms with E-state index in [-0.39, 0.29) is 12.3 Å². The van der Waals surface area contributed by atoms with Crippen LogP contribution in [0, 0.1) is 0 Å². The Morgan fingerprint density at radius 1 is 0.974 bits per heavy atom. The zero-order valence-electron chi connectivity index (χ0n) is 22.0. The number of para-hydroxylation sites is 1. The minimum Gasteiger partial charge on any atom is -0.478 e. The molecule has 2 heterocycles. The fourth-order valence-corrected chi connectivity index (χ4v) is 5.69. The molecule has 0 radical (unpaired) electrons. The van der Waals surface area contributed by atoms with Gasteiger partial charge in [-0.1, -0.05) is 35.5 Å². The zero-order valence-corrected chi connectivity index (χ0v) is 23.6. The van der Waals surface area contributed by atoms with Crippen molar-refractivity contribution < 1.29 is 29.7 Å². The van der Waals surface area contributed by atoms with Crippen LogP contribution in [-0.2, 0) is 14.4 Å². The second-order valence-electron chi connectivity index (χ2n) is 9.73. The zero-order chi connectivity index (χ0) is 28.6. The predicted octanol–water partition coefficient (Wildman–Crippen LogP) is 4.35. The molecule has 4 rings (SSSR count). The number of halogens is 1. The highest BCUT2D eigenvalue weighted by Gasteiger charge is 2.34. The monoisotopic (exact) mass is 575 g/mol. The van der Waals surface area contributed by atoms with Crippen molar-refractivity contribution in [3.8, 4) is 0 Å². The smallest absolute Gasteiger partial charge is 0.328 e. The second kappa shape index (κ2) is 13.8. The number of amides is 1.